The fraction of sp³-hybridized carbons (Fsp3) is 0.533. The fourth-order valence-corrected chi connectivity index (χ4v) is 3.72. The van der Waals surface area contributed by atoms with E-state index in [1.54, 1.807) is 0 Å². The van der Waals surface area contributed by atoms with Gasteiger partial charge in [-0.3, -0.25) is 4.90 Å². The van der Waals surface area contributed by atoms with E-state index < -0.39 is 0 Å². The monoisotopic (exact) mass is 229 g/mol. The molecule has 1 aliphatic carbocycles. The van der Waals surface area contributed by atoms with Crippen LogP contribution < -0.4 is 0 Å². The van der Waals surface area contributed by atoms with Crippen molar-refractivity contribution in [2.75, 3.05) is 0 Å². The summed E-state index contributed by atoms with van der Waals surface area (Å²) >= 11 is 0. The zero-order valence-corrected chi connectivity index (χ0v) is 10.3. The minimum atomic E-state index is 0.156. The highest BCUT2D eigenvalue weighted by molar-refractivity contribution is 5.60. The molecule has 0 amide bonds. The Balaban J connectivity index is 1.86. The lowest BCUT2D eigenvalue weighted by atomic mass is 9.97. The van der Waals surface area contributed by atoms with Crippen LogP contribution in [0.5, 0.6) is 0 Å². The first-order chi connectivity index (χ1) is 8.31. The molecule has 1 saturated heterocycles. The van der Waals surface area contributed by atoms with Crippen molar-refractivity contribution >= 4 is 6.29 Å². The number of hydrogen-bond acceptors (Lipinski definition) is 2. The molecule has 1 aromatic rings. The lowest BCUT2D eigenvalue weighted by molar-refractivity contribution is -0.114. The summed E-state index contributed by atoms with van der Waals surface area (Å²) in [5, 5.41) is 0. The lowest BCUT2D eigenvalue weighted by Crippen LogP contribution is -2.43. The lowest BCUT2D eigenvalue weighted by Gasteiger charge is -2.37. The fourth-order valence-electron chi connectivity index (χ4n) is 3.72. The third kappa shape index (κ3) is 1.71. The van der Waals surface area contributed by atoms with Crippen LogP contribution in [0.3, 0.4) is 0 Å². The third-order valence-corrected chi connectivity index (χ3v) is 4.56. The minimum absolute atomic E-state index is 0.156. The summed E-state index contributed by atoms with van der Waals surface area (Å²) in [5.41, 5.74) is 1.33. The van der Waals surface area contributed by atoms with E-state index in [9.17, 15) is 4.79 Å². The second-order valence-corrected chi connectivity index (χ2v) is 5.39. The molecule has 2 heteroatoms. The van der Waals surface area contributed by atoms with Gasteiger partial charge in [0.15, 0.2) is 0 Å². The zero-order valence-electron chi connectivity index (χ0n) is 10.3. The predicted molar refractivity (Wildman–Crippen MR) is 67.7 cm³/mol. The summed E-state index contributed by atoms with van der Waals surface area (Å²) in [6, 6.07) is 11.7. The molecule has 3 rings (SSSR count). The van der Waals surface area contributed by atoms with Gasteiger partial charge in [-0.25, -0.2) is 0 Å². The number of rotatable bonds is 3. The molecule has 1 aliphatic heterocycles. The van der Waals surface area contributed by atoms with E-state index in [0.717, 1.165) is 0 Å². The second kappa shape index (κ2) is 4.26. The summed E-state index contributed by atoms with van der Waals surface area (Å²) in [4.78, 5) is 13.7. The number of carbonyl (C=O) groups is 1. The van der Waals surface area contributed by atoms with Crippen LogP contribution in [0, 0.1) is 5.92 Å². The molecule has 2 nitrogen and oxygen atoms in total. The Morgan fingerprint density at radius 3 is 2.76 bits per heavy atom. The Kier molecular flexibility index (Phi) is 2.75. The first-order valence-corrected chi connectivity index (χ1v) is 6.59. The molecule has 0 radical (unpaired) electrons. The molecule has 0 N–H and O–H groups in total. The van der Waals surface area contributed by atoms with E-state index in [1.165, 1.54) is 31.1 Å². The standard InChI is InChI=1S/C15H19NO/c1-11(12-5-3-2-4-6-12)16-14-8-7-13(9-14)15(16)10-17/h2-6,10-11,13-15H,7-9H2,1H3/t11-,13+,14-,15-/m0/s1. The van der Waals surface area contributed by atoms with Gasteiger partial charge in [0.25, 0.3) is 0 Å². The second-order valence-electron chi connectivity index (χ2n) is 5.39. The van der Waals surface area contributed by atoms with Gasteiger partial charge >= 0.3 is 0 Å². The predicted octanol–water partition coefficient (Wildman–Crippen LogP) is 2.80. The normalized spacial score (nSPS) is 33.8. The highest BCUT2D eigenvalue weighted by Crippen LogP contribution is 2.45. The SMILES string of the molecule is C[C@@H](c1ccccc1)N1[C@H]2CC[C@H](C2)[C@@H]1C=O. The van der Waals surface area contributed by atoms with Gasteiger partial charge < -0.3 is 4.79 Å². The number of likely N-dealkylation sites (tertiary alicyclic amines) is 1. The number of fused-ring (bicyclic) bond motifs is 2. The number of aldehydes is 1. The molecular formula is C15H19NO. The van der Waals surface area contributed by atoms with Crippen LogP contribution >= 0.6 is 0 Å². The summed E-state index contributed by atoms with van der Waals surface area (Å²) in [6.07, 6.45) is 4.90. The molecule has 1 heterocycles. The van der Waals surface area contributed by atoms with Crippen molar-refractivity contribution in [3.05, 3.63) is 35.9 Å². The molecule has 1 saturated carbocycles. The Morgan fingerprint density at radius 2 is 2.06 bits per heavy atom. The van der Waals surface area contributed by atoms with Crippen LogP contribution in [-0.4, -0.2) is 23.3 Å². The topological polar surface area (TPSA) is 20.3 Å². The summed E-state index contributed by atoms with van der Waals surface area (Å²) in [6.45, 7) is 2.23. The number of benzene rings is 1. The number of piperidine rings is 1. The third-order valence-electron chi connectivity index (χ3n) is 4.56. The van der Waals surface area contributed by atoms with Crippen LogP contribution in [0.4, 0.5) is 0 Å². The molecule has 2 bridgehead atoms. The first-order valence-electron chi connectivity index (χ1n) is 6.59. The van der Waals surface area contributed by atoms with Gasteiger partial charge in [0, 0.05) is 12.1 Å². The molecule has 2 aliphatic rings. The molecule has 4 atom stereocenters. The van der Waals surface area contributed by atoms with E-state index in [4.69, 9.17) is 0 Å². The van der Waals surface area contributed by atoms with E-state index >= 15 is 0 Å². The van der Waals surface area contributed by atoms with Crippen LogP contribution in [0.2, 0.25) is 0 Å². The number of hydrogen-bond donors (Lipinski definition) is 0. The molecule has 0 spiro atoms. The van der Waals surface area contributed by atoms with Crippen molar-refractivity contribution in [3.63, 3.8) is 0 Å². The smallest absolute Gasteiger partial charge is 0.137 e. The Morgan fingerprint density at radius 1 is 1.29 bits per heavy atom. The first kappa shape index (κ1) is 11.0. The van der Waals surface area contributed by atoms with Crippen LogP contribution in [0.1, 0.15) is 37.8 Å². The van der Waals surface area contributed by atoms with Gasteiger partial charge in [0.05, 0.1) is 6.04 Å². The number of carbonyl (C=O) groups excluding carboxylic acids is 1. The Bertz CT molecular complexity index is 403. The van der Waals surface area contributed by atoms with Crippen LogP contribution in [0.25, 0.3) is 0 Å². The van der Waals surface area contributed by atoms with Crippen LogP contribution in [0.15, 0.2) is 30.3 Å². The van der Waals surface area contributed by atoms with Gasteiger partial charge in [0.1, 0.15) is 6.29 Å². The molecular weight excluding hydrogens is 210 g/mol. The maximum Gasteiger partial charge on any atom is 0.137 e. The van der Waals surface area contributed by atoms with Gasteiger partial charge in [-0.2, -0.15) is 0 Å². The maximum atomic E-state index is 11.3. The maximum absolute atomic E-state index is 11.3. The average molecular weight is 229 g/mol. The Hall–Kier alpha value is -1.15. The number of nitrogens with zero attached hydrogens (tertiary/aromatic N) is 1. The van der Waals surface area contributed by atoms with E-state index in [2.05, 4.69) is 36.1 Å². The molecule has 2 fully saturated rings. The molecule has 90 valence electrons. The van der Waals surface area contributed by atoms with Crippen molar-refractivity contribution in [2.24, 2.45) is 5.92 Å². The van der Waals surface area contributed by atoms with Gasteiger partial charge in [-0.15, -0.1) is 0 Å². The van der Waals surface area contributed by atoms with Gasteiger partial charge in [0.2, 0.25) is 0 Å². The van der Waals surface area contributed by atoms with Crippen molar-refractivity contribution in [3.8, 4) is 0 Å². The quantitative estimate of drug-likeness (QED) is 0.743. The van der Waals surface area contributed by atoms with E-state index in [-0.39, 0.29) is 6.04 Å². The zero-order chi connectivity index (χ0) is 11.8. The Labute approximate surface area is 103 Å². The van der Waals surface area contributed by atoms with E-state index in [0.29, 0.717) is 18.0 Å². The average Bonchev–Trinajstić information content (AvgIpc) is 2.98. The largest absolute Gasteiger partial charge is 0.302 e. The van der Waals surface area contributed by atoms with Crippen molar-refractivity contribution in [1.29, 1.82) is 0 Å². The van der Waals surface area contributed by atoms with Crippen molar-refractivity contribution in [1.82, 2.24) is 4.90 Å². The summed E-state index contributed by atoms with van der Waals surface area (Å²) < 4.78 is 0. The minimum Gasteiger partial charge on any atom is -0.302 e. The van der Waals surface area contributed by atoms with E-state index in [1.807, 2.05) is 6.07 Å². The summed E-state index contributed by atoms with van der Waals surface area (Å²) in [7, 11) is 0. The van der Waals surface area contributed by atoms with Crippen molar-refractivity contribution < 1.29 is 4.79 Å². The molecule has 0 unspecified atom stereocenters. The highest BCUT2D eigenvalue weighted by Gasteiger charge is 2.47. The van der Waals surface area contributed by atoms with Crippen molar-refractivity contribution in [2.45, 2.75) is 44.3 Å². The molecule has 0 aromatic heterocycles. The van der Waals surface area contributed by atoms with Crippen LogP contribution in [-0.2, 0) is 4.79 Å². The summed E-state index contributed by atoms with van der Waals surface area (Å²) in [5.74, 6) is 0.615. The highest BCUT2D eigenvalue weighted by atomic mass is 16.1. The molecule has 1 aromatic carbocycles. The van der Waals surface area contributed by atoms with Gasteiger partial charge in [-0.1, -0.05) is 30.3 Å². The van der Waals surface area contributed by atoms with Gasteiger partial charge in [-0.05, 0) is 37.7 Å². The molecule has 17 heavy (non-hydrogen) atoms.